The van der Waals surface area contributed by atoms with Crippen molar-refractivity contribution >= 4 is 17.9 Å². The average Bonchev–Trinajstić information content (AvgIpc) is 3.01. The number of hydrogen-bond acceptors (Lipinski definition) is 8. The fraction of sp³-hybridized carbons (Fsp3) is 0.400. The normalized spacial score (nSPS) is 13.4. The van der Waals surface area contributed by atoms with Gasteiger partial charge in [0.15, 0.2) is 0 Å². The Morgan fingerprint density at radius 2 is 1.51 bits per heavy atom. The zero-order chi connectivity index (χ0) is 30.5. The lowest BCUT2D eigenvalue weighted by Crippen LogP contribution is -2.46. The zero-order valence-corrected chi connectivity index (χ0v) is 25.0. The van der Waals surface area contributed by atoms with Crippen LogP contribution in [-0.2, 0) is 20.9 Å². The van der Waals surface area contributed by atoms with Crippen LogP contribution in [0.5, 0.6) is 17.2 Å². The van der Waals surface area contributed by atoms with E-state index < -0.39 is 17.9 Å². The molecule has 8 nitrogen and oxygen atoms in total. The third-order valence-corrected chi connectivity index (χ3v) is 7.50. The summed E-state index contributed by atoms with van der Waals surface area (Å²) in [4.78, 5) is 38.6. The number of esters is 3. The Labute approximate surface area is 253 Å². The summed E-state index contributed by atoms with van der Waals surface area (Å²) in [6, 6.07) is 20.2. The van der Waals surface area contributed by atoms with Gasteiger partial charge < -0.3 is 23.7 Å². The number of hydrogen-bond donors (Lipinski definition) is 0. The van der Waals surface area contributed by atoms with Gasteiger partial charge in [-0.1, -0.05) is 69.9 Å². The second-order valence-corrected chi connectivity index (χ2v) is 10.9. The molecule has 0 unspecified atom stereocenters. The van der Waals surface area contributed by atoms with Crippen molar-refractivity contribution in [2.45, 2.75) is 65.4 Å². The first kappa shape index (κ1) is 31.8. The molecule has 1 heterocycles. The Morgan fingerprint density at radius 3 is 2.19 bits per heavy atom. The van der Waals surface area contributed by atoms with E-state index in [1.165, 1.54) is 18.2 Å². The maximum atomic E-state index is 13.1. The van der Waals surface area contributed by atoms with Crippen LogP contribution in [0.15, 0.2) is 72.8 Å². The molecule has 0 saturated carbocycles. The summed E-state index contributed by atoms with van der Waals surface area (Å²) in [6.07, 6.45) is 6.16. The van der Waals surface area contributed by atoms with E-state index in [0.717, 1.165) is 37.7 Å². The number of carbonyl (C=O) groups excluding carboxylic acids is 3. The van der Waals surface area contributed by atoms with Crippen LogP contribution in [-0.4, -0.2) is 37.7 Å². The first-order chi connectivity index (χ1) is 20.9. The number of benzene rings is 3. The molecule has 3 aromatic carbocycles. The van der Waals surface area contributed by atoms with Crippen LogP contribution >= 0.6 is 0 Å². The molecule has 0 N–H and O–H groups in total. The van der Waals surface area contributed by atoms with Crippen molar-refractivity contribution < 1.29 is 38.1 Å². The number of unbranched alkanes of at least 4 members (excludes halogenated alkanes) is 4. The Balaban J connectivity index is 1.41. The predicted octanol–water partition coefficient (Wildman–Crippen LogP) is 7.33. The van der Waals surface area contributed by atoms with Crippen LogP contribution in [0.25, 0.3) is 0 Å². The highest BCUT2D eigenvalue weighted by Crippen LogP contribution is 2.32. The molecule has 0 spiro atoms. The van der Waals surface area contributed by atoms with Gasteiger partial charge in [0.2, 0.25) is 0 Å². The maximum absolute atomic E-state index is 13.1. The van der Waals surface area contributed by atoms with Crippen molar-refractivity contribution in [1.29, 1.82) is 0 Å². The van der Waals surface area contributed by atoms with Crippen LogP contribution in [0.2, 0.25) is 0 Å². The van der Waals surface area contributed by atoms with E-state index in [9.17, 15) is 14.4 Å². The van der Waals surface area contributed by atoms with Crippen LogP contribution in [0, 0.1) is 5.41 Å². The minimum atomic E-state index is -0.698. The van der Waals surface area contributed by atoms with Crippen LogP contribution in [0.3, 0.4) is 0 Å². The lowest BCUT2D eigenvalue weighted by molar-refractivity contribution is -0.134. The molecular formula is C35H40O8. The Morgan fingerprint density at radius 1 is 0.791 bits per heavy atom. The fourth-order valence-electron chi connectivity index (χ4n) is 4.54. The number of carbonyl (C=O) groups is 3. The van der Waals surface area contributed by atoms with Crippen molar-refractivity contribution in [2.75, 3.05) is 19.8 Å². The highest BCUT2D eigenvalue weighted by Gasteiger charge is 2.37. The molecule has 0 aromatic heterocycles. The standard InChI is InChI=1S/C35H40O8/c1-3-5-6-7-11-14-32(36)43-31-20-19-29(21-30(31)34(38)40-22-26-12-9-8-10-13-26)42-33(37)27-15-17-28(18-16-27)41-25-35(4-2)23-39-24-35/h8-10,12-13,15-21H,3-7,11,14,22-25H2,1-2H3. The topological polar surface area (TPSA) is 97.4 Å². The monoisotopic (exact) mass is 588 g/mol. The third-order valence-electron chi connectivity index (χ3n) is 7.50. The first-order valence-electron chi connectivity index (χ1n) is 15.0. The molecule has 0 aliphatic carbocycles. The maximum Gasteiger partial charge on any atom is 0.343 e. The molecule has 1 aliphatic heterocycles. The van der Waals surface area contributed by atoms with Gasteiger partial charge in [0.05, 0.1) is 30.8 Å². The van der Waals surface area contributed by atoms with E-state index in [0.29, 0.717) is 37.6 Å². The summed E-state index contributed by atoms with van der Waals surface area (Å²) in [6.45, 7) is 6.21. The van der Waals surface area contributed by atoms with E-state index in [-0.39, 0.29) is 35.5 Å². The lowest BCUT2D eigenvalue weighted by Gasteiger charge is -2.40. The van der Waals surface area contributed by atoms with Gasteiger partial charge in [-0.2, -0.15) is 0 Å². The predicted molar refractivity (Wildman–Crippen MR) is 161 cm³/mol. The summed E-state index contributed by atoms with van der Waals surface area (Å²) in [5, 5.41) is 0. The van der Waals surface area contributed by atoms with Crippen molar-refractivity contribution in [1.82, 2.24) is 0 Å². The number of ether oxygens (including phenoxy) is 5. The van der Waals surface area contributed by atoms with Gasteiger partial charge >= 0.3 is 17.9 Å². The molecule has 1 saturated heterocycles. The summed E-state index contributed by atoms with van der Waals surface area (Å²) < 4.78 is 27.9. The summed E-state index contributed by atoms with van der Waals surface area (Å²) in [5.74, 6) is -0.919. The van der Waals surface area contributed by atoms with Gasteiger partial charge in [-0.25, -0.2) is 9.59 Å². The Hall–Kier alpha value is -4.17. The van der Waals surface area contributed by atoms with Crippen LogP contribution < -0.4 is 14.2 Å². The van der Waals surface area contributed by atoms with Gasteiger partial charge in [-0.05, 0) is 60.9 Å². The molecule has 4 rings (SSSR count). The van der Waals surface area contributed by atoms with E-state index in [1.807, 2.05) is 30.3 Å². The van der Waals surface area contributed by atoms with E-state index >= 15 is 0 Å². The van der Waals surface area contributed by atoms with Crippen molar-refractivity contribution in [3.63, 3.8) is 0 Å². The van der Waals surface area contributed by atoms with Gasteiger partial charge in [-0.3, -0.25) is 4.79 Å². The van der Waals surface area contributed by atoms with Crippen molar-refractivity contribution in [3.8, 4) is 17.2 Å². The molecule has 1 fully saturated rings. The van der Waals surface area contributed by atoms with Gasteiger partial charge in [0, 0.05) is 6.42 Å². The Kier molecular flexibility index (Phi) is 11.7. The minimum absolute atomic E-state index is 0.00543. The zero-order valence-electron chi connectivity index (χ0n) is 25.0. The van der Waals surface area contributed by atoms with Gasteiger partial charge in [0.1, 0.15) is 29.4 Å². The van der Waals surface area contributed by atoms with E-state index in [4.69, 9.17) is 23.7 Å². The smallest absolute Gasteiger partial charge is 0.343 e. The Bertz CT molecular complexity index is 1340. The molecule has 0 atom stereocenters. The first-order valence-corrected chi connectivity index (χ1v) is 15.0. The second kappa shape index (κ2) is 15.9. The molecule has 1 aliphatic rings. The van der Waals surface area contributed by atoms with E-state index in [2.05, 4.69) is 13.8 Å². The van der Waals surface area contributed by atoms with Crippen molar-refractivity contribution in [3.05, 3.63) is 89.5 Å². The highest BCUT2D eigenvalue weighted by atomic mass is 16.6. The summed E-state index contributed by atoms with van der Waals surface area (Å²) in [5.41, 5.74) is 1.17. The molecule has 3 aromatic rings. The summed E-state index contributed by atoms with van der Waals surface area (Å²) in [7, 11) is 0. The fourth-order valence-corrected chi connectivity index (χ4v) is 4.54. The molecule has 0 amide bonds. The van der Waals surface area contributed by atoms with Gasteiger partial charge in [0.25, 0.3) is 0 Å². The molecule has 8 heteroatoms. The number of rotatable bonds is 16. The van der Waals surface area contributed by atoms with Crippen LogP contribution in [0.4, 0.5) is 0 Å². The lowest BCUT2D eigenvalue weighted by atomic mass is 9.84. The quantitative estimate of drug-likeness (QED) is 0.0974. The summed E-state index contributed by atoms with van der Waals surface area (Å²) >= 11 is 0. The minimum Gasteiger partial charge on any atom is -0.493 e. The SMILES string of the molecule is CCCCCCCC(=O)Oc1ccc(OC(=O)c2ccc(OCC3(CC)COC3)cc2)cc1C(=O)OCc1ccccc1. The second-order valence-electron chi connectivity index (χ2n) is 10.9. The molecular weight excluding hydrogens is 548 g/mol. The van der Waals surface area contributed by atoms with Crippen LogP contribution in [0.1, 0.15) is 85.1 Å². The highest BCUT2D eigenvalue weighted by molar-refractivity contribution is 5.95. The molecule has 228 valence electrons. The van der Waals surface area contributed by atoms with E-state index in [1.54, 1.807) is 24.3 Å². The molecule has 43 heavy (non-hydrogen) atoms. The van der Waals surface area contributed by atoms with Gasteiger partial charge in [-0.15, -0.1) is 0 Å². The molecule has 0 bridgehead atoms. The van der Waals surface area contributed by atoms with Crippen molar-refractivity contribution in [2.24, 2.45) is 5.41 Å². The average molecular weight is 589 g/mol. The largest absolute Gasteiger partial charge is 0.493 e. The molecule has 0 radical (unpaired) electrons. The third kappa shape index (κ3) is 9.41.